The molecule has 2 aliphatic rings. The molecule has 46 heavy (non-hydrogen) atoms. The normalized spacial score (nSPS) is 22.2. The summed E-state index contributed by atoms with van der Waals surface area (Å²) in [6.07, 6.45) is 7.53. The highest BCUT2D eigenvalue weighted by Crippen LogP contribution is 2.51. The van der Waals surface area contributed by atoms with Crippen LogP contribution in [-0.2, 0) is 27.3 Å². The van der Waals surface area contributed by atoms with Gasteiger partial charge in [-0.25, -0.2) is 9.78 Å². The summed E-state index contributed by atoms with van der Waals surface area (Å²) < 4.78 is 19.2. The van der Waals surface area contributed by atoms with Crippen LogP contribution in [0.25, 0.3) is 0 Å². The van der Waals surface area contributed by atoms with Crippen molar-refractivity contribution in [2.75, 3.05) is 13.7 Å². The number of aryl methyl sites for hydroxylation is 1. The maximum absolute atomic E-state index is 13.2. The van der Waals surface area contributed by atoms with E-state index in [2.05, 4.69) is 14.9 Å². The zero-order chi connectivity index (χ0) is 32.8. The first-order valence-electron chi connectivity index (χ1n) is 15.6. The number of ether oxygens (including phenoxy) is 3. The lowest BCUT2D eigenvalue weighted by molar-refractivity contribution is -0.384. The second-order valence-corrected chi connectivity index (χ2v) is 11.9. The molecular weight excluding hydrogens is 592 g/mol. The van der Waals surface area contributed by atoms with Crippen molar-refractivity contribution in [3.8, 4) is 11.5 Å². The maximum atomic E-state index is 13.2. The lowest BCUT2D eigenvalue weighted by Gasteiger charge is -2.47. The Morgan fingerprint density at radius 2 is 1.91 bits per heavy atom. The number of allylic oxidation sites excluding steroid dienone is 1. The Kier molecular flexibility index (Phi) is 9.93. The van der Waals surface area contributed by atoms with Gasteiger partial charge in [-0.05, 0) is 44.4 Å². The molecule has 1 aromatic heterocycles. The lowest BCUT2D eigenvalue weighted by Crippen LogP contribution is -2.56. The van der Waals surface area contributed by atoms with E-state index in [-0.39, 0.29) is 23.8 Å². The first-order chi connectivity index (χ1) is 22.1. The molecule has 3 heterocycles. The van der Waals surface area contributed by atoms with E-state index in [0.29, 0.717) is 30.7 Å². The van der Waals surface area contributed by atoms with Gasteiger partial charge in [0.15, 0.2) is 11.5 Å². The van der Waals surface area contributed by atoms with E-state index in [4.69, 9.17) is 14.2 Å². The Morgan fingerprint density at radius 3 is 2.65 bits per heavy atom. The molecule has 0 bridgehead atoms. The minimum atomic E-state index is -1.45. The third-order valence-electron chi connectivity index (χ3n) is 9.15. The van der Waals surface area contributed by atoms with Gasteiger partial charge in [-0.1, -0.05) is 43.5 Å². The van der Waals surface area contributed by atoms with Gasteiger partial charge in [0, 0.05) is 55.1 Å². The standard InChI is InChI=1S/C34H40N4O8/c1-22-30(32(39)44-3)31(24-11-10-12-25(19-24)38(42)43)34(33(40)41,23(2)36-22)15-8-4-5-9-17-37-18-16-35-29(37)20-26-21-45-27-13-6-7-14-28(27)46-26/h6-7,10-14,16,18-19,23,26,31,36H,4-5,8-9,15,17,20-21H2,1-3H3,(H,40,41). The van der Waals surface area contributed by atoms with Gasteiger partial charge < -0.3 is 29.2 Å². The number of aliphatic carboxylic acids is 1. The van der Waals surface area contributed by atoms with E-state index in [1.165, 1.54) is 25.3 Å². The molecule has 5 rings (SSSR count). The van der Waals surface area contributed by atoms with Crippen molar-refractivity contribution < 1.29 is 33.8 Å². The molecule has 12 heteroatoms. The molecule has 244 valence electrons. The van der Waals surface area contributed by atoms with E-state index < -0.39 is 34.2 Å². The number of para-hydroxylation sites is 2. The van der Waals surface area contributed by atoms with Gasteiger partial charge in [-0.2, -0.15) is 0 Å². The number of nitrogens with one attached hydrogen (secondary N) is 1. The molecule has 0 spiro atoms. The Morgan fingerprint density at radius 1 is 1.15 bits per heavy atom. The molecule has 0 radical (unpaired) electrons. The van der Waals surface area contributed by atoms with Crippen LogP contribution in [0.5, 0.6) is 11.5 Å². The van der Waals surface area contributed by atoms with E-state index in [1.807, 2.05) is 30.5 Å². The van der Waals surface area contributed by atoms with Gasteiger partial charge in [0.25, 0.3) is 5.69 Å². The average Bonchev–Trinajstić information content (AvgIpc) is 3.49. The fourth-order valence-electron chi connectivity index (χ4n) is 6.85. The summed E-state index contributed by atoms with van der Waals surface area (Å²) >= 11 is 0. The number of carboxylic acid groups (broad SMARTS) is 1. The van der Waals surface area contributed by atoms with Crippen LogP contribution < -0.4 is 14.8 Å². The number of benzene rings is 2. The fraction of sp³-hybridized carbons (Fsp3) is 0.441. The summed E-state index contributed by atoms with van der Waals surface area (Å²) in [6.45, 7) is 4.70. The Bertz CT molecular complexity index is 1620. The summed E-state index contributed by atoms with van der Waals surface area (Å²) in [6, 6.07) is 12.9. The highest BCUT2D eigenvalue weighted by Gasteiger charge is 2.56. The van der Waals surface area contributed by atoms with Crippen LogP contribution in [0, 0.1) is 15.5 Å². The van der Waals surface area contributed by atoms with E-state index in [9.17, 15) is 24.8 Å². The molecule has 0 aliphatic carbocycles. The third kappa shape index (κ3) is 6.56. The van der Waals surface area contributed by atoms with E-state index in [1.54, 1.807) is 26.1 Å². The monoisotopic (exact) mass is 632 g/mol. The number of imidazole rings is 1. The molecule has 2 aromatic carbocycles. The Balaban J connectivity index is 1.25. The quantitative estimate of drug-likeness (QED) is 0.108. The molecule has 0 amide bonds. The van der Waals surface area contributed by atoms with Crippen LogP contribution in [0.4, 0.5) is 5.69 Å². The first kappa shape index (κ1) is 32.5. The van der Waals surface area contributed by atoms with Gasteiger partial charge >= 0.3 is 11.9 Å². The number of non-ortho nitro benzene ring substituents is 1. The second kappa shape index (κ2) is 14.1. The van der Waals surface area contributed by atoms with Crippen LogP contribution in [0.2, 0.25) is 0 Å². The molecule has 2 N–H and O–H groups in total. The number of esters is 1. The van der Waals surface area contributed by atoms with Gasteiger partial charge in [0.1, 0.15) is 18.5 Å². The second-order valence-electron chi connectivity index (χ2n) is 11.9. The number of nitro groups is 1. The van der Waals surface area contributed by atoms with Crippen molar-refractivity contribution >= 4 is 17.6 Å². The Hall–Kier alpha value is -4.87. The summed E-state index contributed by atoms with van der Waals surface area (Å²) in [5.41, 5.74) is -0.550. The zero-order valence-electron chi connectivity index (χ0n) is 26.3. The smallest absolute Gasteiger partial charge is 0.336 e. The number of nitrogens with zero attached hydrogens (tertiary/aromatic N) is 3. The SMILES string of the molecule is COC(=O)C1=C(C)NC(C)C(CCCCCCn2ccnc2CC2COc3ccccc3O2)(C(=O)O)C1c1cccc([N+](=O)[O-])c1. The topological polar surface area (TPSA) is 155 Å². The number of nitro benzene ring substituents is 1. The van der Waals surface area contributed by atoms with Crippen LogP contribution in [-0.4, -0.2) is 57.4 Å². The Labute approximate surface area is 267 Å². The van der Waals surface area contributed by atoms with Crippen molar-refractivity contribution in [3.63, 3.8) is 0 Å². The molecule has 4 unspecified atom stereocenters. The molecule has 0 fully saturated rings. The van der Waals surface area contributed by atoms with Crippen molar-refractivity contribution in [3.05, 3.63) is 93.7 Å². The maximum Gasteiger partial charge on any atom is 0.336 e. The number of carboxylic acids is 1. The largest absolute Gasteiger partial charge is 0.486 e. The predicted molar refractivity (Wildman–Crippen MR) is 169 cm³/mol. The van der Waals surface area contributed by atoms with Crippen molar-refractivity contribution in [1.29, 1.82) is 0 Å². The number of carbonyl (C=O) groups excluding carboxylic acids is 1. The minimum Gasteiger partial charge on any atom is -0.486 e. The summed E-state index contributed by atoms with van der Waals surface area (Å²) in [4.78, 5) is 41.9. The van der Waals surface area contributed by atoms with Crippen molar-refractivity contribution in [1.82, 2.24) is 14.9 Å². The van der Waals surface area contributed by atoms with E-state index >= 15 is 0 Å². The van der Waals surface area contributed by atoms with Gasteiger partial charge in [-0.15, -0.1) is 0 Å². The number of hydrogen-bond donors (Lipinski definition) is 2. The van der Waals surface area contributed by atoms with Crippen LogP contribution >= 0.6 is 0 Å². The minimum absolute atomic E-state index is 0.138. The average molecular weight is 633 g/mol. The fourth-order valence-corrected chi connectivity index (χ4v) is 6.85. The molecule has 4 atom stereocenters. The summed E-state index contributed by atoms with van der Waals surface area (Å²) in [5.74, 6) is -0.288. The summed E-state index contributed by atoms with van der Waals surface area (Å²) in [5, 5.41) is 25.6. The number of rotatable bonds is 13. The number of hydrogen-bond acceptors (Lipinski definition) is 9. The molecule has 0 saturated heterocycles. The van der Waals surface area contributed by atoms with Gasteiger partial charge in [0.2, 0.25) is 0 Å². The zero-order valence-corrected chi connectivity index (χ0v) is 26.3. The summed E-state index contributed by atoms with van der Waals surface area (Å²) in [7, 11) is 1.24. The number of fused-ring (bicyclic) bond motifs is 1. The molecular formula is C34H40N4O8. The molecule has 12 nitrogen and oxygen atoms in total. The number of carbonyl (C=O) groups is 2. The van der Waals surface area contributed by atoms with E-state index in [0.717, 1.165) is 43.1 Å². The molecule has 3 aromatic rings. The highest BCUT2D eigenvalue weighted by atomic mass is 16.6. The number of methoxy groups -OCH3 is 1. The third-order valence-corrected chi connectivity index (χ3v) is 9.15. The molecule has 0 saturated carbocycles. The van der Waals surface area contributed by atoms with Crippen LogP contribution in [0.1, 0.15) is 63.3 Å². The number of aromatic nitrogens is 2. The lowest BCUT2D eigenvalue weighted by atomic mass is 9.60. The highest BCUT2D eigenvalue weighted by molar-refractivity contribution is 5.94. The van der Waals surface area contributed by atoms with Crippen LogP contribution in [0.3, 0.4) is 0 Å². The molecule has 2 aliphatic heterocycles. The van der Waals surface area contributed by atoms with Crippen LogP contribution in [0.15, 0.2) is 72.2 Å². The predicted octanol–water partition coefficient (Wildman–Crippen LogP) is 5.42. The van der Waals surface area contributed by atoms with Gasteiger partial charge in [0.05, 0.1) is 23.0 Å². The first-order valence-corrected chi connectivity index (χ1v) is 15.6. The number of unbranched alkanes of at least 4 members (excludes halogenated alkanes) is 3. The van der Waals surface area contributed by atoms with Crippen molar-refractivity contribution in [2.45, 2.75) is 77.0 Å². The van der Waals surface area contributed by atoms with Crippen molar-refractivity contribution in [2.24, 2.45) is 5.41 Å². The van der Waals surface area contributed by atoms with Gasteiger partial charge in [-0.3, -0.25) is 14.9 Å².